The minimum atomic E-state index is -0.329. The van der Waals surface area contributed by atoms with Crippen LogP contribution in [0.5, 0.6) is 0 Å². The maximum absolute atomic E-state index is 10.9. The highest BCUT2D eigenvalue weighted by Crippen LogP contribution is 2.22. The van der Waals surface area contributed by atoms with Gasteiger partial charge in [0, 0.05) is 30.3 Å². The SMILES string of the molecule is Cc1ccc(CNC2(C)CCCOC2)cc1[N+](=O)[O-]. The van der Waals surface area contributed by atoms with Gasteiger partial charge in [0.25, 0.3) is 5.69 Å². The van der Waals surface area contributed by atoms with Crippen LogP contribution in [0.2, 0.25) is 0 Å². The fourth-order valence-corrected chi connectivity index (χ4v) is 2.35. The molecule has 104 valence electrons. The van der Waals surface area contributed by atoms with Gasteiger partial charge < -0.3 is 10.1 Å². The molecule has 1 saturated heterocycles. The number of nitrogens with zero attached hydrogens (tertiary/aromatic N) is 1. The summed E-state index contributed by atoms with van der Waals surface area (Å²) in [6, 6.07) is 5.38. The number of nitro groups is 1. The highest BCUT2D eigenvalue weighted by atomic mass is 16.6. The molecule has 1 aromatic rings. The summed E-state index contributed by atoms with van der Waals surface area (Å²) in [6.07, 6.45) is 2.12. The molecule has 1 heterocycles. The molecule has 0 bridgehead atoms. The number of benzene rings is 1. The Morgan fingerprint density at radius 1 is 1.53 bits per heavy atom. The molecule has 1 atom stereocenters. The molecule has 0 aliphatic carbocycles. The summed E-state index contributed by atoms with van der Waals surface area (Å²) in [5.41, 5.74) is 1.78. The molecule has 5 heteroatoms. The summed E-state index contributed by atoms with van der Waals surface area (Å²) >= 11 is 0. The quantitative estimate of drug-likeness (QED) is 0.670. The van der Waals surface area contributed by atoms with Crippen molar-refractivity contribution in [2.45, 2.75) is 38.8 Å². The van der Waals surface area contributed by atoms with E-state index in [9.17, 15) is 10.1 Å². The topological polar surface area (TPSA) is 64.4 Å². The molecule has 0 amide bonds. The zero-order valence-corrected chi connectivity index (χ0v) is 11.4. The first-order chi connectivity index (χ1) is 9.00. The van der Waals surface area contributed by atoms with Crippen LogP contribution in [0.15, 0.2) is 18.2 Å². The van der Waals surface area contributed by atoms with E-state index in [1.807, 2.05) is 6.07 Å². The Labute approximate surface area is 113 Å². The standard InChI is InChI=1S/C14H20N2O3/c1-11-4-5-12(8-13(11)16(17)18)9-15-14(2)6-3-7-19-10-14/h4-5,8,15H,3,6-7,9-10H2,1-2H3. The van der Waals surface area contributed by atoms with Gasteiger partial charge in [0.05, 0.1) is 11.5 Å². The first-order valence-corrected chi connectivity index (χ1v) is 6.57. The number of hydrogen-bond donors (Lipinski definition) is 1. The van der Waals surface area contributed by atoms with Crippen molar-refractivity contribution in [3.8, 4) is 0 Å². The average Bonchev–Trinajstić information content (AvgIpc) is 2.38. The highest BCUT2D eigenvalue weighted by Gasteiger charge is 2.26. The summed E-state index contributed by atoms with van der Waals surface area (Å²) < 4.78 is 5.48. The lowest BCUT2D eigenvalue weighted by atomic mass is 9.94. The number of hydrogen-bond acceptors (Lipinski definition) is 4. The van der Waals surface area contributed by atoms with Crippen LogP contribution in [0.25, 0.3) is 0 Å². The van der Waals surface area contributed by atoms with Gasteiger partial charge in [-0.3, -0.25) is 10.1 Å². The minimum Gasteiger partial charge on any atom is -0.380 e. The van der Waals surface area contributed by atoms with E-state index in [1.165, 1.54) is 0 Å². The fraction of sp³-hybridized carbons (Fsp3) is 0.571. The van der Waals surface area contributed by atoms with Gasteiger partial charge in [0.2, 0.25) is 0 Å². The van der Waals surface area contributed by atoms with Crippen LogP contribution in [0, 0.1) is 17.0 Å². The third-order valence-corrected chi connectivity index (χ3v) is 3.63. The van der Waals surface area contributed by atoms with Crippen molar-refractivity contribution in [1.29, 1.82) is 0 Å². The predicted molar refractivity (Wildman–Crippen MR) is 73.1 cm³/mol. The summed E-state index contributed by atoms with van der Waals surface area (Å²) in [6.45, 7) is 6.04. The average molecular weight is 264 g/mol. The summed E-state index contributed by atoms with van der Waals surface area (Å²) in [5, 5.41) is 14.4. The molecule has 0 saturated carbocycles. The number of ether oxygens (including phenoxy) is 1. The Morgan fingerprint density at radius 2 is 2.32 bits per heavy atom. The van der Waals surface area contributed by atoms with Crippen LogP contribution >= 0.6 is 0 Å². The van der Waals surface area contributed by atoms with Crippen molar-refractivity contribution in [3.63, 3.8) is 0 Å². The second kappa shape index (κ2) is 5.67. The first kappa shape index (κ1) is 14.0. The van der Waals surface area contributed by atoms with Crippen LogP contribution in [-0.2, 0) is 11.3 Å². The Balaban J connectivity index is 2.03. The monoisotopic (exact) mass is 264 g/mol. The maximum Gasteiger partial charge on any atom is 0.272 e. The molecule has 1 unspecified atom stereocenters. The molecule has 2 rings (SSSR count). The van der Waals surface area contributed by atoms with Crippen LogP contribution in [0.4, 0.5) is 5.69 Å². The van der Waals surface area contributed by atoms with Gasteiger partial charge in [-0.1, -0.05) is 12.1 Å². The highest BCUT2D eigenvalue weighted by molar-refractivity contribution is 5.42. The van der Waals surface area contributed by atoms with E-state index in [0.29, 0.717) is 18.7 Å². The molecule has 1 N–H and O–H groups in total. The maximum atomic E-state index is 10.9. The first-order valence-electron chi connectivity index (χ1n) is 6.57. The Bertz CT molecular complexity index is 468. The van der Waals surface area contributed by atoms with Crippen molar-refractivity contribution in [3.05, 3.63) is 39.4 Å². The van der Waals surface area contributed by atoms with Gasteiger partial charge in [0.15, 0.2) is 0 Å². The number of aryl methyl sites for hydroxylation is 1. The normalized spacial score (nSPS) is 23.3. The van der Waals surface area contributed by atoms with Crippen LogP contribution < -0.4 is 5.32 Å². The summed E-state index contributed by atoms with van der Waals surface area (Å²) in [4.78, 5) is 10.6. The summed E-state index contributed by atoms with van der Waals surface area (Å²) in [5.74, 6) is 0. The molecule has 5 nitrogen and oxygen atoms in total. The van der Waals surface area contributed by atoms with Crippen molar-refractivity contribution >= 4 is 5.69 Å². The van der Waals surface area contributed by atoms with E-state index >= 15 is 0 Å². The van der Waals surface area contributed by atoms with Gasteiger partial charge in [-0.15, -0.1) is 0 Å². The zero-order chi connectivity index (χ0) is 13.9. The predicted octanol–water partition coefficient (Wildman–Crippen LogP) is 2.56. The molecule has 0 radical (unpaired) electrons. The lowest BCUT2D eigenvalue weighted by molar-refractivity contribution is -0.385. The summed E-state index contributed by atoms with van der Waals surface area (Å²) in [7, 11) is 0. The lowest BCUT2D eigenvalue weighted by Gasteiger charge is -2.34. The Kier molecular flexibility index (Phi) is 4.17. The molecule has 1 fully saturated rings. The van der Waals surface area contributed by atoms with E-state index in [4.69, 9.17) is 4.74 Å². The van der Waals surface area contributed by atoms with Gasteiger partial charge in [0.1, 0.15) is 0 Å². The molecule has 0 spiro atoms. The van der Waals surface area contributed by atoms with E-state index in [-0.39, 0.29) is 16.1 Å². The molecule has 1 aliphatic rings. The molecular formula is C14H20N2O3. The van der Waals surface area contributed by atoms with E-state index in [2.05, 4.69) is 12.2 Å². The number of nitrogens with one attached hydrogen (secondary N) is 1. The van der Waals surface area contributed by atoms with Crippen molar-refractivity contribution in [1.82, 2.24) is 5.32 Å². The van der Waals surface area contributed by atoms with E-state index in [0.717, 1.165) is 25.0 Å². The van der Waals surface area contributed by atoms with Crippen molar-refractivity contribution in [2.24, 2.45) is 0 Å². The molecule has 19 heavy (non-hydrogen) atoms. The van der Waals surface area contributed by atoms with Gasteiger partial charge in [-0.2, -0.15) is 0 Å². The molecular weight excluding hydrogens is 244 g/mol. The lowest BCUT2D eigenvalue weighted by Crippen LogP contribution is -2.48. The van der Waals surface area contributed by atoms with Gasteiger partial charge >= 0.3 is 0 Å². The van der Waals surface area contributed by atoms with E-state index in [1.54, 1.807) is 19.1 Å². The second-order valence-corrected chi connectivity index (χ2v) is 5.45. The third-order valence-electron chi connectivity index (χ3n) is 3.63. The molecule has 1 aromatic carbocycles. The Hall–Kier alpha value is -1.46. The number of nitro benzene ring substituents is 1. The fourth-order valence-electron chi connectivity index (χ4n) is 2.35. The second-order valence-electron chi connectivity index (χ2n) is 5.45. The largest absolute Gasteiger partial charge is 0.380 e. The van der Waals surface area contributed by atoms with Gasteiger partial charge in [-0.05, 0) is 32.3 Å². The minimum absolute atomic E-state index is 0.0298. The van der Waals surface area contributed by atoms with Crippen LogP contribution in [0.3, 0.4) is 0 Å². The van der Waals surface area contributed by atoms with Crippen LogP contribution in [-0.4, -0.2) is 23.7 Å². The Morgan fingerprint density at radius 3 is 2.95 bits per heavy atom. The molecule has 1 aliphatic heterocycles. The van der Waals surface area contributed by atoms with E-state index < -0.39 is 0 Å². The zero-order valence-electron chi connectivity index (χ0n) is 11.4. The molecule has 0 aromatic heterocycles. The number of rotatable bonds is 4. The smallest absolute Gasteiger partial charge is 0.272 e. The van der Waals surface area contributed by atoms with Crippen molar-refractivity contribution < 1.29 is 9.66 Å². The van der Waals surface area contributed by atoms with Crippen LogP contribution in [0.1, 0.15) is 30.9 Å². The van der Waals surface area contributed by atoms with Gasteiger partial charge in [-0.25, -0.2) is 0 Å². The third kappa shape index (κ3) is 3.52. The van der Waals surface area contributed by atoms with Crippen molar-refractivity contribution in [2.75, 3.05) is 13.2 Å².